The Kier molecular flexibility index (Phi) is 4.88. The number of hydrogen-bond acceptors (Lipinski definition) is 4. The van der Waals surface area contributed by atoms with Crippen molar-refractivity contribution in [1.29, 1.82) is 0 Å². The van der Waals surface area contributed by atoms with E-state index in [1.54, 1.807) is 18.2 Å². The summed E-state index contributed by atoms with van der Waals surface area (Å²) in [6.45, 7) is 0. The number of anilines is 1. The zero-order valence-electron chi connectivity index (χ0n) is 13.7. The van der Waals surface area contributed by atoms with Gasteiger partial charge in [0.05, 0.1) is 34.0 Å². The predicted molar refractivity (Wildman–Crippen MR) is 90.1 cm³/mol. The predicted octanol–water partition coefficient (Wildman–Crippen LogP) is 5.28. The van der Waals surface area contributed by atoms with Crippen molar-refractivity contribution in [3.63, 3.8) is 0 Å². The van der Waals surface area contributed by atoms with Crippen LogP contribution in [0, 0.1) is 0 Å². The van der Waals surface area contributed by atoms with Gasteiger partial charge in [-0.1, -0.05) is 12.1 Å². The van der Waals surface area contributed by atoms with E-state index in [9.17, 15) is 31.1 Å². The summed E-state index contributed by atoms with van der Waals surface area (Å²) in [6.07, 6.45) is -7.91. The zero-order valence-corrected chi connectivity index (χ0v) is 13.7. The highest BCUT2D eigenvalue weighted by Crippen LogP contribution is 2.37. The van der Waals surface area contributed by atoms with Gasteiger partial charge in [0.25, 0.3) is 0 Å². The van der Waals surface area contributed by atoms with E-state index >= 15 is 0 Å². The number of hydrazone groups is 1. The average Bonchev–Trinajstić information content (AvgIpc) is 2.62. The summed E-state index contributed by atoms with van der Waals surface area (Å²) in [5.41, 5.74) is -1.58. The second-order valence-corrected chi connectivity index (χ2v) is 5.68. The molecule has 4 nitrogen and oxygen atoms in total. The van der Waals surface area contributed by atoms with Crippen molar-refractivity contribution in [2.75, 3.05) is 5.43 Å². The summed E-state index contributed by atoms with van der Waals surface area (Å²) in [5.74, 6) is 0. The van der Waals surface area contributed by atoms with Crippen LogP contribution < -0.4 is 10.9 Å². The molecule has 0 saturated heterocycles. The van der Waals surface area contributed by atoms with Crippen LogP contribution in [0.25, 0.3) is 11.0 Å². The summed E-state index contributed by atoms with van der Waals surface area (Å²) in [5, 5.41) is 3.81. The normalized spacial score (nSPS) is 12.6. The minimum absolute atomic E-state index is 0.00680. The number of alkyl halides is 6. The second-order valence-electron chi connectivity index (χ2n) is 5.68. The third kappa shape index (κ3) is 4.16. The van der Waals surface area contributed by atoms with E-state index < -0.39 is 34.6 Å². The van der Waals surface area contributed by atoms with Crippen LogP contribution in [0.4, 0.5) is 32.0 Å². The van der Waals surface area contributed by atoms with Gasteiger partial charge in [0.1, 0.15) is 11.8 Å². The molecule has 3 rings (SSSR count). The molecule has 0 amide bonds. The van der Waals surface area contributed by atoms with E-state index in [-0.39, 0.29) is 17.0 Å². The van der Waals surface area contributed by atoms with E-state index in [0.29, 0.717) is 17.7 Å². The lowest BCUT2D eigenvalue weighted by atomic mass is 10.1. The maximum atomic E-state index is 12.8. The first-order valence-electron chi connectivity index (χ1n) is 7.65. The van der Waals surface area contributed by atoms with Crippen molar-refractivity contribution in [2.45, 2.75) is 12.4 Å². The molecule has 1 heterocycles. The Morgan fingerprint density at radius 3 is 2.14 bits per heavy atom. The van der Waals surface area contributed by atoms with Gasteiger partial charge in [0.2, 0.25) is 5.43 Å². The van der Waals surface area contributed by atoms with E-state index in [2.05, 4.69) is 10.5 Å². The molecule has 0 bridgehead atoms. The molecule has 28 heavy (non-hydrogen) atoms. The highest BCUT2D eigenvalue weighted by Gasteiger charge is 2.36. The molecule has 1 aromatic heterocycles. The summed E-state index contributed by atoms with van der Waals surface area (Å²) >= 11 is 0. The fraction of sp³-hybridized carbons (Fsp3) is 0.111. The van der Waals surface area contributed by atoms with Gasteiger partial charge < -0.3 is 4.42 Å². The van der Waals surface area contributed by atoms with E-state index in [4.69, 9.17) is 4.42 Å². The van der Waals surface area contributed by atoms with Crippen LogP contribution in [0.5, 0.6) is 0 Å². The Labute approximate surface area is 153 Å². The van der Waals surface area contributed by atoms with Crippen LogP contribution in [-0.2, 0) is 12.4 Å². The Hall–Kier alpha value is -3.30. The highest BCUT2D eigenvalue weighted by molar-refractivity contribution is 5.86. The molecule has 10 heteroatoms. The fourth-order valence-electron chi connectivity index (χ4n) is 2.38. The average molecular weight is 400 g/mol. The topological polar surface area (TPSA) is 54.6 Å². The molecule has 0 radical (unpaired) electrons. The number of nitrogens with one attached hydrogen (secondary N) is 1. The van der Waals surface area contributed by atoms with E-state index in [0.717, 1.165) is 12.5 Å². The zero-order chi connectivity index (χ0) is 20.5. The van der Waals surface area contributed by atoms with Gasteiger partial charge in [-0.15, -0.1) is 0 Å². The smallest absolute Gasteiger partial charge is 0.416 e. The third-order valence-corrected chi connectivity index (χ3v) is 3.69. The molecule has 1 N–H and O–H groups in total. The van der Waals surface area contributed by atoms with Gasteiger partial charge in [0, 0.05) is 0 Å². The molecular formula is C18H10F6N2O2. The largest absolute Gasteiger partial charge is 0.463 e. The van der Waals surface area contributed by atoms with Crippen molar-refractivity contribution >= 4 is 22.9 Å². The van der Waals surface area contributed by atoms with Crippen LogP contribution in [-0.4, -0.2) is 6.21 Å². The lowest BCUT2D eigenvalue weighted by Crippen LogP contribution is -2.12. The van der Waals surface area contributed by atoms with Gasteiger partial charge in [-0.25, -0.2) is 0 Å². The minimum Gasteiger partial charge on any atom is -0.463 e. The lowest BCUT2D eigenvalue weighted by molar-refractivity contribution is -0.143. The van der Waals surface area contributed by atoms with Crippen LogP contribution in [0.3, 0.4) is 0 Å². The molecule has 0 spiro atoms. The quantitative estimate of drug-likeness (QED) is 0.370. The van der Waals surface area contributed by atoms with Gasteiger partial charge in [0.15, 0.2) is 0 Å². The van der Waals surface area contributed by atoms with Crippen LogP contribution in [0.2, 0.25) is 0 Å². The van der Waals surface area contributed by atoms with Gasteiger partial charge >= 0.3 is 12.4 Å². The first-order valence-corrected chi connectivity index (χ1v) is 7.65. The lowest BCUT2D eigenvalue weighted by Gasteiger charge is -2.13. The van der Waals surface area contributed by atoms with Crippen molar-refractivity contribution in [2.24, 2.45) is 5.10 Å². The molecule has 0 aliphatic rings. The minimum atomic E-state index is -4.97. The number of para-hydroxylation sites is 1. The molecule has 0 saturated carbocycles. The molecular weight excluding hydrogens is 390 g/mol. The van der Waals surface area contributed by atoms with Gasteiger partial charge in [-0.3, -0.25) is 10.2 Å². The first kappa shape index (κ1) is 19.5. The summed E-state index contributed by atoms with van der Waals surface area (Å²) in [7, 11) is 0. The molecule has 2 aromatic carbocycles. The van der Waals surface area contributed by atoms with Gasteiger partial charge in [-0.2, -0.15) is 31.4 Å². The second kappa shape index (κ2) is 7.02. The van der Waals surface area contributed by atoms with E-state index in [1.165, 1.54) is 6.07 Å². The Morgan fingerprint density at radius 1 is 0.929 bits per heavy atom. The van der Waals surface area contributed by atoms with Crippen molar-refractivity contribution in [1.82, 2.24) is 0 Å². The molecule has 146 valence electrons. The molecule has 0 atom stereocenters. The number of fused-ring (bicyclic) bond motifs is 1. The molecule has 0 aliphatic carbocycles. The number of halogens is 6. The number of nitrogens with zero attached hydrogens (tertiary/aromatic N) is 1. The maximum absolute atomic E-state index is 12.8. The molecule has 0 aliphatic heterocycles. The molecule has 0 unspecified atom stereocenters. The number of benzene rings is 2. The van der Waals surface area contributed by atoms with Crippen LogP contribution in [0.15, 0.2) is 63.0 Å². The van der Waals surface area contributed by atoms with Gasteiger partial charge in [-0.05, 0) is 30.3 Å². The van der Waals surface area contributed by atoms with Crippen molar-refractivity contribution in [3.8, 4) is 0 Å². The standard InChI is InChI=1S/C18H10F6N2O2/c19-17(20,21)11-5-12(18(22,23)24)7-13(6-11)26-25-8-10-9-28-15-4-2-1-3-14(15)16(10)27/h1-9,26H/b25-8+. The van der Waals surface area contributed by atoms with Crippen molar-refractivity contribution in [3.05, 3.63) is 75.6 Å². The fourth-order valence-corrected chi connectivity index (χ4v) is 2.38. The van der Waals surface area contributed by atoms with Crippen LogP contribution in [0.1, 0.15) is 16.7 Å². The highest BCUT2D eigenvalue weighted by atomic mass is 19.4. The molecule has 3 aromatic rings. The summed E-state index contributed by atoms with van der Waals surface area (Å²) < 4.78 is 82.3. The Morgan fingerprint density at radius 2 is 1.54 bits per heavy atom. The van der Waals surface area contributed by atoms with E-state index in [1.807, 2.05) is 0 Å². The molecule has 0 fully saturated rings. The Bertz CT molecular complexity index is 1070. The summed E-state index contributed by atoms with van der Waals surface area (Å²) in [6, 6.07) is 7.31. The number of hydrogen-bond donors (Lipinski definition) is 1. The monoisotopic (exact) mass is 400 g/mol. The first-order chi connectivity index (χ1) is 13.1. The summed E-state index contributed by atoms with van der Waals surface area (Å²) in [4.78, 5) is 12.3. The van der Waals surface area contributed by atoms with Crippen LogP contribution >= 0.6 is 0 Å². The Balaban J connectivity index is 1.92. The third-order valence-electron chi connectivity index (χ3n) is 3.69. The van der Waals surface area contributed by atoms with Crippen molar-refractivity contribution < 1.29 is 30.8 Å². The number of rotatable bonds is 3. The maximum Gasteiger partial charge on any atom is 0.416 e. The SMILES string of the molecule is O=c1c(/C=N/Nc2cc(C(F)(F)F)cc(C(F)(F)F)c2)coc2ccccc12.